The number of fused-ring (bicyclic) bond motifs is 1. The van der Waals surface area contributed by atoms with Gasteiger partial charge in [0.25, 0.3) is 0 Å². The summed E-state index contributed by atoms with van der Waals surface area (Å²) in [5.41, 5.74) is 2.48. The van der Waals surface area contributed by atoms with Crippen LogP contribution in [-0.4, -0.2) is 50.4 Å². The quantitative estimate of drug-likeness (QED) is 0.551. The molecule has 0 bridgehead atoms. The van der Waals surface area contributed by atoms with Crippen LogP contribution in [0.3, 0.4) is 0 Å². The maximum Gasteiger partial charge on any atom is 0.142 e. The molecule has 1 fully saturated rings. The third-order valence-corrected chi connectivity index (χ3v) is 6.29. The third kappa shape index (κ3) is 4.88. The maximum absolute atomic E-state index is 6.16. The van der Waals surface area contributed by atoms with Gasteiger partial charge in [-0.05, 0) is 49.5 Å². The Kier molecular flexibility index (Phi) is 7.08. The lowest BCUT2D eigenvalue weighted by atomic mass is 10.0. The molecule has 1 saturated heterocycles. The van der Waals surface area contributed by atoms with E-state index < -0.39 is 0 Å². The molecule has 2 aromatic rings. The van der Waals surface area contributed by atoms with Crippen LogP contribution in [0.5, 0.6) is 5.75 Å². The Morgan fingerprint density at radius 2 is 1.80 bits per heavy atom. The average Bonchev–Trinajstić information content (AvgIpc) is 3.33. The molecule has 2 heterocycles. The number of ether oxygens (including phenoxy) is 2. The molecule has 0 spiro atoms. The Hall–Kier alpha value is -2.30. The molecule has 4 heteroatoms. The van der Waals surface area contributed by atoms with Crippen molar-refractivity contribution in [2.45, 2.75) is 31.8 Å². The van der Waals surface area contributed by atoms with Gasteiger partial charge in [-0.15, -0.1) is 6.58 Å². The van der Waals surface area contributed by atoms with Gasteiger partial charge in [-0.1, -0.05) is 55.5 Å². The summed E-state index contributed by atoms with van der Waals surface area (Å²) < 4.78 is 12.3. The second-order valence-electron chi connectivity index (χ2n) is 8.50. The van der Waals surface area contributed by atoms with Crippen LogP contribution in [0.4, 0.5) is 5.69 Å². The van der Waals surface area contributed by atoms with Crippen molar-refractivity contribution in [3.05, 3.63) is 72.8 Å². The molecule has 0 aromatic heterocycles. The first kappa shape index (κ1) is 21.0. The maximum atomic E-state index is 6.16. The summed E-state index contributed by atoms with van der Waals surface area (Å²) in [5, 5.41) is 0. The van der Waals surface area contributed by atoms with Crippen molar-refractivity contribution in [1.82, 2.24) is 4.90 Å². The topological polar surface area (TPSA) is 24.9 Å². The fraction of sp³-hybridized carbons (Fsp3) is 0.462. The minimum Gasteiger partial charge on any atom is -0.489 e. The molecule has 2 aromatic carbocycles. The molecule has 0 N–H and O–H groups in total. The highest BCUT2D eigenvalue weighted by molar-refractivity contribution is 5.61. The van der Waals surface area contributed by atoms with Crippen molar-refractivity contribution >= 4 is 5.69 Å². The summed E-state index contributed by atoms with van der Waals surface area (Å²) in [6.07, 6.45) is 4.53. The Bertz CT molecular complexity index is 804. The van der Waals surface area contributed by atoms with Gasteiger partial charge in [0, 0.05) is 6.54 Å². The smallest absolute Gasteiger partial charge is 0.142 e. The first-order valence-electron chi connectivity index (χ1n) is 11.2. The molecular weight excluding hydrogens is 372 g/mol. The highest BCUT2D eigenvalue weighted by Crippen LogP contribution is 2.39. The lowest BCUT2D eigenvalue weighted by molar-refractivity contribution is 0.0594. The van der Waals surface area contributed by atoms with Gasteiger partial charge in [-0.3, -0.25) is 4.90 Å². The van der Waals surface area contributed by atoms with Crippen molar-refractivity contribution in [3.63, 3.8) is 0 Å². The van der Waals surface area contributed by atoms with Gasteiger partial charge in [0.2, 0.25) is 0 Å². The average molecular weight is 407 g/mol. The van der Waals surface area contributed by atoms with Crippen molar-refractivity contribution in [2.75, 3.05) is 44.4 Å². The molecule has 4 rings (SSSR count). The summed E-state index contributed by atoms with van der Waals surface area (Å²) in [6, 6.07) is 19.7. The SMILES string of the molecule is C=CC(C)COCC(CN1c2ccccc2OCC1c1ccccc1)N1CCCC1. The predicted octanol–water partition coefficient (Wildman–Crippen LogP) is 4.93. The molecular formula is C26H34N2O2. The van der Waals surface area contributed by atoms with Crippen LogP contribution in [0.2, 0.25) is 0 Å². The summed E-state index contributed by atoms with van der Waals surface area (Å²) in [6.45, 7) is 11.4. The van der Waals surface area contributed by atoms with Crippen LogP contribution in [-0.2, 0) is 4.74 Å². The lowest BCUT2D eigenvalue weighted by Crippen LogP contribution is -2.49. The Morgan fingerprint density at radius 3 is 2.57 bits per heavy atom. The zero-order chi connectivity index (χ0) is 20.8. The third-order valence-electron chi connectivity index (χ3n) is 6.29. The van der Waals surface area contributed by atoms with Crippen LogP contribution in [0.15, 0.2) is 67.3 Å². The van der Waals surface area contributed by atoms with E-state index in [9.17, 15) is 0 Å². The van der Waals surface area contributed by atoms with E-state index >= 15 is 0 Å². The molecule has 2 aliphatic rings. The van der Waals surface area contributed by atoms with Gasteiger partial charge in [-0.25, -0.2) is 0 Å². The molecule has 3 atom stereocenters. The van der Waals surface area contributed by atoms with Gasteiger partial charge >= 0.3 is 0 Å². The van der Waals surface area contributed by atoms with E-state index in [2.05, 4.69) is 77.9 Å². The van der Waals surface area contributed by atoms with E-state index in [-0.39, 0.29) is 6.04 Å². The Labute approximate surface area is 181 Å². The minimum atomic E-state index is 0.207. The summed E-state index contributed by atoms with van der Waals surface area (Å²) in [7, 11) is 0. The highest BCUT2D eigenvalue weighted by atomic mass is 16.5. The number of nitrogens with zero attached hydrogens (tertiary/aromatic N) is 2. The monoisotopic (exact) mass is 406 g/mol. The summed E-state index contributed by atoms with van der Waals surface area (Å²) >= 11 is 0. The van der Waals surface area contributed by atoms with Gasteiger partial charge in [0.1, 0.15) is 12.4 Å². The second kappa shape index (κ2) is 10.1. The summed E-state index contributed by atoms with van der Waals surface area (Å²) in [4.78, 5) is 5.15. The van der Waals surface area contributed by atoms with Crippen molar-refractivity contribution < 1.29 is 9.47 Å². The molecule has 0 amide bonds. The molecule has 0 saturated carbocycles. The number of hydrogen-bond donors (Lipinski definition) is 0. The van der Waals surface area contributed by atoms with Crippen molar-refractivity contribution in [1.29, 1.82) is 0 Å². The van der Waals surface area contributed by atoms with Crippen LogP contribution in [0, 0.1) is 5.92 Å². The zero-order valence-electron chi connectivity index (χ0n) is 18.1. The number of hydrogen-bond acceptors (Lipinski definition) is 4. The molecule has 4 nitrogen and oxygen atoms in total. The van der Waals surface area contributed by atoms with E-state index in [0.29, 0.717) is 18.6 Å². The molecule has 30 heavy (non-hydrogen) atoms. The van der Waals surface area contributed by atoms with Crippen molar-refractivity contribution in [2.24, 2.45) is 5.92 Å². The van der Waals surface area contributed by atoms with Crippen LogP contribution < -0.4 is 9.64 Å². The first-order valence-corrected chi connectivity index (χ1v) is 11.2. The molecule has 160 valence electrons. The van der Waals surface area contributed by atoms with E-state index in [1.807, 2.05) is 6.08 Å². The lowest BCUT2D eigenvalue weighted by Gasteiger charge is -2.42. The van der Waals surface area contributed by atoms with Crippen LogP contribution >= 0.6 is 0 Å². The Morgan fingerprint density at radius 1 is 1.07 bits per heavy atom. The van der Waals surface area contributed by atoms with Crippen molar-refractivity contribution in [3.8, 4) is 5.75 Å². The minimum absolute atomic E-state index is 0.207. The number of likely N-dealkylation sites (tertiary alicyclic amines) is 1. The highest BCUT2D eigenvalue weighted by Gasteiger charge is 2.33. The fourth-order valence-electron chi connectivity index (χ4n) is 4.49. The number of rotatable bonds is 9. The summed E-state index contributed by atoms with van der Waals surface area (Å²) in [5.74, 6) is 1.36. The molecule has 2 aliphatic heterocycles. The normalized spacial score (nSPS) is 21.0. The molecule has 0 aliphatic carbocycles. The van der Waals surface area contributed by atoms with Gasteiger partial charge in [0.05, 0.1) is 31.0 Å². The van der Waals surface area contributed by atoms with E-state index in [1.165, 1.54) is 24.1 Å². The number of anilines is 1. The largest absolute Gasteiger partial charge is 0.489 e. The van der Waals surface area contributed by atoms with Crippen LogP contribution in [0.1, 0.15) is 31.4 Å². The molecule has 0 radical (unpaired) electrons. The fourth-order valence-corrected chi connectivity index (χ4v) is 4.49. The zero-order valence-corrected chi connectivity index (χ0v) is 18.1. The van der Waals surface area contributed by atoms with E-state index in [0.717, 1.165) is 38.6 Å². The van der Waals surface area contributed by atoms with E-state index in [4.69, 9.17) is 9.47 Å². The standard InChI is InChI=1S/C26H34N2O2/c1-3-21(2)18-29-19-23(27-15-9-10-16-27)17-28-24-13-7-8-14-26(24)30-20-25(28)22-11-5-4-6-12-22/h3-8,11-14,21,23,25H,1,9-10,15-20H2,2H3. The Balaban J connectivity index is 1.58. The number of benzene rings is 2. The van der Waals surface area contributed by atoms with Gasteiger partial charge in [0.15, 0.2) is 0 Å². The van der Waals surface area contributed by atoms with E-state index in [1.54, 1.807) is 0 Å². The van der Waals surface area contributed by atoms with Crippen LogP contribution in [0.25, 0.3) is 0 Å². The molecule has 3 unspecified atom stereocenters. The van der Waals surface area contributed by atoms with Gasteiger partial charge in [-0.2, -0.15) is 0 Å². The van der Waals surface area contributed by atoms with Gasteiger partial charge < -0.3 is 14.4 Å². The second-order valence-corrected chi connectivity index (χ2v) is 8.50. The number of para-hydroxylation sites is 2. The first-order chi connectivity index (χ1) is 14.8. The predicted molar refractivity (Wildman–Crippen MR) is 123 cm³/mol.